The second-order valence-corrected chi connectivity index (χ2v) is 17.5. The highest BCUT2D eigenvalue weighted by Gasteiger charge is 2.48. The van der Waals surface area contributed by atoms with Gasteiger partial charge >= 0.3 is 0 Å². The Balaban J connectivity index is 0.896. The predicted octanol–water partition coefficient (Wildman–Crippen LogP) is 7.88. The minimum atomic E-state index is -2.80. The summed E-state index contributed by atoms with van der Waals surface area (Å²) in [7, 11) is 0. The number of hydrogen-bond donors (Lipinski definition) is 6. The number of halogens is 2. The molecule has 16 heteroatoms. The normalized spacial score (nSPS) is 20.6. The standard InChI is InChI=1S/C47H50F2N12O2/c48-47(49)19-33(20-47)46(63)61-42-17-31-14-32(40-24-52-25-43(59-40)56-34-7-10-50-11-8-34)15-36(37(31)22-55-42)38-18-35(9-12-53-38)57-44-26-51-23-39(58-44)28-5-6-29-21-54-41(16-30(29)13-28)60-45(62)27-3-1-2-4-27/h5-6,13-17,21-27,33-35,38,50,53H,1-4,7-12,18-20H2,(H,56,59)(H,57,58)(H,54,60,62)(H,55,61,63). The highest BCUT2D eigenvalue weighted by atomic mass is 19.3. The SMILES string of the molecule is O=C(Nc1cc2cc(-c3cncc(NC4CCNC(c5cc(-c6cncc(NC7CCNCC7)n6)cc6cc(NC(=O)C7CC(F)(F)C7)ncc56)C4)n3)ccc2cn1)C1CCCC1. The quantitative estimate of drug-likeness (QED) is 0.0743. The van der Waals surface area contributed by atoms with Crippen LogP contribution < -0.4 is 31.9 Å². The van der Waals surface area contributed by atoms with Crippen LogP contribution in [0.1, 0.15) is 75.8 Å². The molecule has 6 N–H and O–H groups in total. The van der Waals surface area contributed by atoms with Crippen LogP contribution in [0, 0.1) is 11.8 Å². The third-order valence-electron chi connectivity index (χ3n) is 13.0. The summed E-state index contributed by atoms with van der Waals surface area (Å²) < 4.78 is 27.2. The molecule has 10 rings (SSSR count). The van der Waals surface area contributed by atoms with E-state index in [1.807, 2.05) is 24.3 Å². The zero-order valence-corrected chi connectivity index (χ0v) is 34.8. The lowest BCUT2D eigenvalue weighted by atomic mass is 9.81. The summed E-state index contributed by atoms with van der Waals surface area (Å²) in [4.78, 5) is 53.9. The number of hydrogen-bond acceptors (Lipinski definition) is 12. The molecule has 0 radical (unpaired) electrons. The van der Waals surface area contributed by atoms with Gasteiger partial charge < -0.3 is 31.9 Å². The van der Waals surface area contributed by atoms with Crippen molar-refractivity contribution in [2.45, 2.75) is 88.3 Å². The Kier molecular flexibility index (Phi) is 11.3. The molecule has 2 saturated carbocycles. The number of aromatic nitrogens is 6. The summed E-state index contributed by atoms with van der Waals surface area (Å²) in [6.45, 7) is 2.63. The Morgan fingerprint density at radius 2 is 1.25 bits per heavy atom. The van der Waals surface area contributed by atoms with Crippen LogP contribution in [0.2, 0.25) is 0 Å². The van der Waals surface area contributed by atoms with Gasteiger partial charge in [0.05, 0.1) is 36.2 Å². The van der Waals surface area contributed by atoms with Crippen molar-refractivity contribution in [1.29, 1.82) is 0 Å². The molecule has 2 aliphatic carbocycles. The van der Waals surface area contributed by atoms with Crippen molar-refractivity contribution >= 4 is 56.6 Å². The van der Waals surface area contributed by atoms with Gasteiger partial charge in [-0.3, -0.25) is 19.6 Å². The second-order valence-electron chi connectivity index (χ2n) is 17.5. The van der Waals surface area contributed by atoms with Gasteiger partial charge in [0, 0.05) is 77.1 Å². The van der Waals surface area contributed by atoms with E-state index in [1.165, 1.54) is 0 Å². The summed E-state index contributed by atoms with van der Waals surface area (Å²) in [5.41, 5.74) is 4.18. The smallest absolute Gasteiger partial charge is 0.249 e. The number of benzene rings is 2. The average Bonchev–Trinajstić information content (AvgIpc) is 3.84. The van der Waals surface area contributed by atoms with Crippen LogP contribution in [0.3, 0.4) is 0 Å². The Bertz CT molecular complexity index is 2660. The van der Waals surface area contributed by atoms with Crippen LogP contribution in [-0.4, -0.2) is 79.4 Å². The number of alkyl halides is 2. The van der Waals surface area contributed by atoms with Gasteiger partial charge in [-0.1, -0.05) is 25.0 Å². The number of carbonyl (C=O) groups is 2. The topological polar surface area (TPSA) is 184 Å². The molecule has 0 bridgehead atoms. The molecule has 4 aromatic heterocycles. The van der Waals surface area contributed by atoms with Gasteiger partial charge in [-0.15, -0.1) is 0 Å². The van der Waals surface area contributed by atoms with Crippen LogP contribution >= 0.6 is 0 Å². The first-order valence-corrected chi connectivity index (χ1v) is 22.1. The highest BCUT2D eigenvalue weighted by Crippen LogP contribution is 2.43. The molecule has 63 heavy (non-hydrogen) atoms. The van der Waals surface area contributed by atoms with Gasteiger partial charge in [0.15, 0.2) is 0 Å². The highest BCUT2D eigenvalue weighted by molar-refractivity contribution is 5.97. The van der Waals surface area contributed by atoms with Crippen LogP contribution in [0.4, 0.5) is 32.1 Å². The number of piperidine rings is 2. The van der Waals surface area contributed by atoms with E-state index in [4.69, 9.17) is 9.97 Å². The summed E-state index contributed by atoms with van der Waals surface area (Å²) >= 11 is 0. The summed E-state index contributed by atoms with van der Waals surface area (Å²) in [6.07, 6.45) is 17.2. The van der Waals surface area contributed by atoms with Crippen molar-refractivity contribution in [3.63, 3.8) is 0 Å². The molecule has 2 saturated heterocycles. The monoisotopic (exact) mass is 852 g/mol. The molecule has 2 aromatic carbocycles. The van der Waals surface area contributed by atoms with E-state index in [2.05, 4.69) is 64.0 Å². The van der Waals surface area contributed by atoms with E-state index in [0.29, 0.717) is 35.0 Å². The van der Waals surface area contributed by atoms with Gasteiger partial charge in [0.2, 0.25) is 17.7 Å². The lowest BCUT2D eigenvalue weighted by molar-refractivity contribution is -0.145. The molecule has 2 unspecified atom stereocenters. The van der Waals surface area contributed by atoms with E-state index >= 15 is 0 Å². The van der Waals surface area contributed by atoms with Gasteiger partial charge in [0.25, 0.3) is 0 Å². The van der Waals surface area contributed by atoms with Crippen LogP contribution in [0.5, 0.6) is 0 Å². The predicted molar refractivity (Wildman–Crippen MR) is 239 cm³/mol. The van der Waals surface area contributed by atoms with Gasteiger partial charge in [-0.2, -0.15) is 0 Å². The Labute approximate surface area is 363 Å². The molecule has 2 atom stereocenters. The number of nitrogens with zero attached hydrogens (tertiary/aromatic N) is 6. The van der Waals surface area contributed by atoms with Crippen molar-refractivity contribution in [3.8, 4) is 22.5 Å². The van der Waals surface area contributed by atoms with E-state index in [-0.39, 0.29) is 23.9 Å². The summed E-state index contributed by atoms with van der Waals surface area (Å²) in [5, 5.41) is 23.8. The van der Waals surface area contributed by atoms with Crippen molar-refractivity contribution in [1.82, 2.24) is 40.5 Å². The Morgan fingerprint density at radius 1 is 0.619 bits per heavy atom. The first-order valence-electron chi connectivity index (χ1n) is 22.1. The van der Waals surface area contributed by atoms with Crippen molar-refractivity contribution in [3.05, 3.63) is 85.2 Å². The molecular formula is C47H50F2N12O2. The van der Waals surface area contributed by atoms with E-state index in [0.717, 1.165) is 115 Å². The fourth-order valence-corrected chi connectivity index (χ4v) is 9.47. The Morgan fingerprint density at radius 3 is 1.98 bits per heavy atom. The lowest BCUT2D eigenvalue weighted by Gasteiger charge is -2.33. The molecule has 324 valence electrons. The zero-order chi connectivity index (χ0) is 42.9. The van der Waals surface area contributed by atoms with E-state index in [9.17, 15) is 18.4 Å². The minimum absolute atomic E-state index is 0.0370. The van der Waals surface area contributed by atoms with Crippen molar-refractivity contribution in [2.75, 3.05) is 40.9 Å². The Hall–Kier alpha value is -6.26. The zero-order valence-electron chi connectivity index (χ0n) is 34.8. The third kappa shape index (κ3) is 9.28. The first kappa shape index (κ1) is 40.8. The number of rotatable bonds is 11. The molecule has 6 heterocycles. The maximum absolute atomic E-state index is 13.6. The fourth-order valence-electron chi connectivity index (χ4n) is 9.47. The van der Waals surface area contributed by atoms with Crippen molar-refractivity contribution in [2.24, 2.45) is 11.8 Å². The van der Waals surface area contributed by atoms with Gasteiger partial charge in [-0.25, -0.2) is 28.7 Å². The number of nitrogens with one attached hydrogen (secondary N) is 6. The summed E-state index contributed by atoms with van der Waals surface area (Å²) in [5.74, 6) is -1.68. The van der Waals surface area contributed by atoms with Crippen LogP contribution in [0.15, 0.2) is 79.6 Å². The van der Waals surface area contributed by atoms with Crippen LogP contribution in [0.25, 0.3) is 44.1 Å². The molecule has 14 nitrogen and oxygen atoms in total. The first-order chi connectivity index (χ1) is 30.7. The number of amides is 2. The fraction of sp³-hybridized carbons (Fsp3) is 0.404. The number of fused-ring (bicyclic) bond motifs is 2. The number of anilines is 4. The minimum Gasteiger partial charge on any atom is -0.366 e. The molecule has 4 aliphatic rings. The number of pyridine rings is 2. The number of carbonyl (C=O) groups excluding carboxylic acids is 2. The largest absolute Gasteiger partial charge is 0.366 e. The molecule has 2 amide bonds. The molecule has 4 fully saturated rings. The van der Waals surface area contributed by atoms with E-state index in [1.54, 1.807) is 43.2 Å². The van der Waals surface area contributed by atoms with Gasteiger partial charge in [-0.05, 0) is 105 Å². The van der Waals surface area contributed by atoms with Crippen LogP contribution in [-0.2, 0) is 9.59 Å². The van der Waals surface area contributed by atoms with E-state index < -0.39 is 30.6 Å². The molecule has 0 spiro atoms. The second kappa shape index (κ2) is 17.5. The maximum atomic E-state index is 13.6. The molecule has 2 aliphatic heterocycles. The third-order valence-corrected chi connectivity index (χ3v) is 13.0. The van der Waals surface area contributed by atoms with Crippen molar-refractivity contribution < 1.29 is 18.4 Å². The average molecular weight is 853 g/mol. The molecular weight excluding hydrogens is 803 g/mol. The molecule has 6 aromatic rings. The maximum Gasteiger partial charge on any atom is 0.249 e. The summed E-state index contributed by atoms with van der Waals surface area (Å²) in [6, 6.07) is 14.2. The van der Waals surface area contributed by atoms with Gasteiger partial charge in [0.1, 0.15) is 23.3 Å². The lowest BCUT2D eigenvalue weighted by Crippen LogP contribution is -2.42.